The van der Waals surface area contributed by atoms with Gasteiger partial charge < -0.3 is 10.7 Å². The van der Waals surface area contributed by atoms with Gasteiger partial charge in [-0.05, 0) is 71.6 Å². The number of H-pyrrole nitrogens is 1. The number of nitrogens with one attached hydrogen (secondary N) is 1. The molecule has 0 atom stereocenters. The Morgan fingerprint density at radius 3 is 2.78 bits per heavy atom. The van der Waals surface area contributed by atoms with Crippen LogP contribution >= 0.6 is 39.1 Å². The van der Waals surface area contributed by atoms with Crippen molar-refractivity contribution in [3.63, 3.8) is 0 Å². The highest BCUT2D eigenvalue weighted by Gasteiger charge is 2.18. The molecule has 0 aliphatic carbocycles. The molecule has 3 aromatic rings. The number of aromatic amines is 1. The van der Waals surface area contributed by atoms with Gasteiger partial charge in [0, 0.05) is 21.1 Å². The van der Waals surface area contributed by atoms with E-state index in [1.165, 1.54) is 5.56 Å². The van der Waals surface area contributed by atoms with Gasteiger partial charge in [-0.1, -0.05) is 23.2 Å². The Labute approximate surface area is 153 Å². The smallest absolute Gasteiger partial charge is 0.105 e. The van der Waals surface area contributed by atoms with Gasteiger partial charge >= 0.3 is 0 Å². The topological polar surface area (TPSA) is 54.7 Å². The largest absolute Gasteiger partial charge is 0.352 e. The summed E-state index contributed by atoms with van der Waals surface area (Å²) in [6, 6.07) is 7.54. The quantitative estimate of drug-likeness (QED) is 0.537. The highest BCUT2D eigenvalue weighted by atomic mass is 79.9. The van der Waals surface area contributed by atoms with E-state index < -0.39 is 0 Å². The Morgan fingerprint density at radius 1 is 1.22 bits per heavy atom. The first-order chi connectivity index (χ1) is 11.1. The van der Waals surface area contributed by atoms with Crippen LogP contribution in [0.1, 0.15) is 18.4 Å². The molecule has 3 rings (SSSR count). The fraction of sp³-hybridized carbons (Fsp3) is 0.235. The molecule has 0 spiro atoms. The summed E-state index contributed by atoms with van der Waals surface area (Å²) in [6.45, 7) is 0.687. The van der Waals surface area contributed by atoms with Gasteiger partial charge in [0.05, 0.1) is 16.2 Å². The second-order valence-electron chi connectivity index (χ2n) is 5.37. The molecule has 0 aliphatic rings. The third-order valence-corrected chi connectivity index (χ3v) is 4.96. The number of halogens is 3. The van der Waals surface area contributed by atoms with Gasteiger partial charge in [0.1, 0.15) is 5.69 Å². The maximum Gasteiger partial charge on any atom is 0.105 e. The zero-order valence-electron chi connectivity index (χ0n) is 12.4. The Kier molecular flexibility index (Phi) is 5.27. The van der Waals surface area contributed by atoms with E-state index in [2.05, 4.69) is 25.9 Å². The maximum atomic E-state index is 6.35. The number of rotatable bonds is 5. The van der Waals surface area contributed by atoms with E-state index in [1.54, 1.807) is 6.20 Å². The second-order valence-corrected chi connectivity index (χ2v) is 7.07. The van der Waals surface area contributed by atoms with Crippen molar-refractivity contribution in [3.05, 3.63) is 50.5 Å². The van der Waals surface area contributed by atoms with Crippen LogP contribution < -0.4 is 5.73 Å². The van der Waals surface area contributed by atoms with Crippen LogP contribution in [0.25, 0.3) is 22.3 Å². The molecule has 0 fully saturated rings. The number of nitrogens with zero attached hydrogens (tertiary/aromatic N) is 1. The molecule has 0 bridgehead atoms. The van der Waals surface area contributed by atoms with Crippen LogP contribution in [0.15, 0.2) is 34.9 Å². The minimum atomic E-state index is 0.626. The molecule has 0 saturated carbocycles. The number of pyridine rings is 1. The zero-order valence-corrected chi connectivity index (χ0v) is 15.5. The van der Waals surface area contributed by atoms with Crippen molar-refractivity contribution in [2.24, 2.45) is 5.73 Å². The summed E-state index contributed by atoms with van der Waals surface area (Å²) in [6.07, 6.45) is 4.62. The van der Waals surface area contributed by atoms with Crippen molar-refractivity contribution < 1.29 is 0 Å². The molecule has 2 aromatic heterocycles. The lowest BCUT2D eigenvalue weighted by molar-refractivity contribution is 0.748. The van der Waals surface area contributed by atoms with Gasteiger partial charge in [-0.3, -0.25) is 4.98 Å². The van der Waals surface area contributed by atoms with Crippen molar-refractivity contribution in [1.82, 2.24) is 9.97 Å². The molecular weight excluding hydrogens is 397 g/mol. The molecule has 0 saturated heterocycles. The van der Waals surface area contributed by atoms with Gasteiger partial charge in [-0.2, -0.15) is 0 Å². The van der Waals surface area contributed by atoms with E-state index in [1.807, 2.05) is 24.3 Å². The molecule has 3 nitrogen and oxygen atoms in total. The average Bonchev–Trinajstić information content (AvgIpc) is 2.87. The number of nitrogens with two attached hydrogens (primary N) is 1. The van der Waals surface area contributed by atoms with Gasteiger partial charge in [0.25, 0.3) is 0 Å². The van der Waals surface area contributed by atoms with Crippen molar-refractivity contribution in [3.8, 4) is 11.4 Å². The predicted molar refractivity (Wildman–Crippen MR) is 101 cm³/mol. The van der Waals surface area contributed by atoms with Gasteiger partial charge in [-0.15, -0.1) is 0 Å². The molecule has 6 heteroatoms. The number of hydrogen-bond acceptors (Lipinski definition) is 2. The number of aryl methyl sites for hydroxylation is 1. The van der Waals surface area contributed by atoms with E-state index >= 15 is 0 Å². The molecule has 0 amide bonds. The fourth-order valence-corrected chi connectivity index (χ4v) is 3.88. The number of benzene rings is 1. The third kappa shape index (κ3) is 3.41. The lowest BCUT2D eigenvalue weighted by Crippen LogP contribution is -1.99. The Balaban J connectivity index is 2.21. The van der Waals surface area contributed by atoms with Crippen LogP contribution in [0.4, 0.5) is 0 Å². The molecule has 3 N–H and O–H groups in total. The molecule has 0 aliphatic heterocycles. The molecule has 120 valence electrons. The minimum absolute atomic E-state index is 0.626. The Morgan fingerprint density at radius 2 is 2.04 bits per heavy atom. The predicted octanol–water partition coefficient (Wildman–Crippen LogP) is 5.58. The maximum absolute atomic E-state index is 6.35. The van der Waals surface area contributed by atoms with Crippen molar-refractivity contribution in [2.75, 3.05) is 6.54 Å². The summed E-state index contributed by atoms with van der Waals surface area (Å²) in [5, 5.41) is 2.42. The van der Waals surface area contributed by atoms with Gasteiger partial charge in [-0.25, -0.2) is 0 Å². The summed E-state index contributed by atoms with van der Waals surface area (Å²) in [5.41, 5.74) is 9.53. The van der Waals surface area contributed by atoms with Crippen LogP contribution in [0, 0.1) is 0 Å². The highest BCUT2D eigenvalue weighted by molar-refractivity contribution is 9.10. The SMILES string of the molecule is NCCCCc1c(-c2ncccc2Cl)[nH]c2c(Br)cc(Cl)cc12. The number of unbranched alkanes of at least 4 members (excludes halogenated alkanes) is 1. The Bertz CT molecular complexity index is 845. The lowest BCUT2D eigenvalue weighted by Gasteiger charge is -2.06. The molecule has 2 heterocycles. The monoisotopic (exact) mass is 411 g/mol. The van der Waals surface area contributed by atoms with Crippen LogP contribution in [-0.4, -0.2) is 16.5 Å². The molecule has 0 unspecified atom stereocenters. The number of hydrogen-bond donors (Lipinski definition) is 2. The van der Waals surface area contributed by atoms with E-state index in [9.17, 15) is 0 Å². The molecule has 1 aromatic carbocycles. The van der Waals surface area contributed by atoms with Crippen molar-refractivity contribution >= 4 is 50.0 Å². The van der Waals surface area contributed by atoms with Crippen LogP contribution in [0.3, 0.4) is 0 Å². The van der Waals surface area contributed by atoms with Crippen molar-refractivity contribution in [2.45, 2.75) is 19.3 Å². The minimum Gasteiger partial charge on any atom is -0.352 e. The first-order valence-electron chi connectivity index (χ1n) is 7.42. The van der Waals surface area contributed by atoms with Gasteiger partial charge in [0.15, 0.2) is 0 Å². The average molecular weight is 413 g/mol. The molecular formula is C17H16BrCl2N3. The number of aromatic nitrogens is 2. The first kappa shape index (κ1) is 16.8. The zero-order chi connectivity index (χ0) is 16.4. The van der Waals surface area contributed by atoms with Crippen LogP contribution in [0.2, 0.25) is 10.0 Å². The van der Waals surface area contributed by atoms with E-state index in [-0.39, 0.29) is 0 Å². The van der Waals surface area contributed by atoms with E-state index in [0.717, 1.165) is 46.0 Å². The van der Waals surface area contributed by atoms with Crippen LogP contribution in [0.5, 0.6) is 0 Å². The standard InChI is InChI=1S/C17H16BrCl2N3/c18-13-9-10(19)8-12-11(4-1-2-6-21)16(23-15(12)13)17-14(20)5-3-7-22-17/h3,5,7-9,23H,1-2,4,6,21H2. The summed E-state index contributed by atoms with van der Waals surface area (Å²) in [7, 11) is 0. The summed E-state index contributed by atoms with van der Waals surface area (Å²) in [5.74, 6) is 0. The summed E-state index contributed by atoms with van der Waals surface area (Å²) < 4.78 is 0.929. The second kappa shape index (κ2) is 7.22. The Hall–Kier alpha value is -1.07. The fourth-order valence-electron chi connectivity index (χ4n) is 2.75. The summed E-state index contributed by atoms with van der Waals surface area (Å²) >= 11 is 16.2. The van der Waals surface area contributed by atoms with Gasteiger partial charge in [0.2, 0.25) is 0 Å². The first-order valence-corrected chi connectivity index (χ1v) is 8.97. The van der Waals surface area contributed by atoms with E-state index in [4.69, 9.17) is 28.9 Å². The third-order valence-electron chi connectivity index (χ3n) is 3.81. The number of fused-ring (bicyclic) bond motifs is 1. The molecule has 23 heavy (non-hydrogen) atoms. The summed E-state index contributed by atoms with van der Waals surface area (Å²) in [4.78, 5) is 7.91. The molecule has 0 radical (unpaired) electrons. The normalized spacial score (nSPS) is 11.3. The highest BCUT2D eigenvalue weighted by Crippen LogP contribution is 2.38. The van der Waals surface area contributed by atoms with Crippen molar-refractivity contribution in [1.29, 1.82) is 0 Å². The van der Waals surface area contributed by atoms with Crippen LogP contribution in [-0.2, 0) is 6.42 Å². The lowest BCUT2D eigenvalue weighted by atomic mass is 10.0. The van der Waals surface area contributed by atoms with E-state index in [0.29, 0.717) is 16.6 Å².